The number of rotatable bonds is 10. The molecule has 0 bridgehead atoms. The molecule has 0 atom stereocenters. The van der Waals surface area contributed by atoms with E-state index in [-0.39, 0.29) is 0 Å². The molecule has 0 saturated carbocycles. The number of para-hydroxylation sites is 1. The number of ether oxygens (including phenoxy) is 1. The van der Waals surface area contributed by atoms with Gasteiger partial charge in [0.15, 0.2) is 0 Å². The SMILES string of the molecule is Clc1ccccc1OCCCCCCCCCBr. The maximum absolute atomic E-state index is 6.01. The number of hydrogen-bond donors (Lipinski definition) is 0. The van der Waals surface area contributed by atoms with Gasteiger partial charge in [-0.1, -0.05) is 71.8 Å². The number of benzene rings is 1. The van der Waals surface area contributed by atoms with Crippen LogP contribution in [0.3, 0.4) is 0 Å². The highest BCUT2D eigenvalue weighted by Crippen LogP contribution is 2.23. The van der Waals surface area contributed by atoms with Crippen LogP contribution in [0, 0.1) is 0 Å². The Bertz CT molecular complexity index is 317. The highest BCUT2D eigenvalue weighted by atomic mass is 79.9. The second-order valence-corrected chi connectivity index (χ2v) is 5.64. The molecule has 3 heteroatoms. The van der Waals surface area contributed by atoms with Crippen LogP contribution in [-0.2, 0) is 0 Å². The molecule has 1 aromatic rings. The minimum absolute atomic E-state index is 0.701. The van der Waals surface area contributed by atoms with Crippen LogP contribution in [0.5, 0.6) is 5.75 Å². The van der Waals surface area contributed by atoms with Crippen molar-refractivity contribution in [1.82, 2.24) is 0 Å². The van der Waals surface area contributed by atoms with Crippen LogP contribution in [0.15, 0.2) is 24.3 Å². The van der Waals surface area contributed by atoms with E-state index in [0.717, 1.165) is 24.1 Å². The summed E-state index contributed by atoms with van der Waals surface area (Å²) in [6.45, 7) is 0.769. The fourth-order valence-corrected chi connectivity index (χ4v) is 2.41. The van der Waals surface area contributed by atoms with Gasteiger partial charge in [-0.3, -0.25) is 0 Å². The lowest BCUT2D eigenvalue weighted by Crippen LogP contribution is -1.97. The highest BCUT2D eigenvalue weighted by Gasteiger charge is 1.98. The van der Waals surface area contributed by atoms with Crippen molar-refractivity contribution in [3.63, 3.8) is 0 Å². The number of alkyl halides is 1. The first-order valence-electron chi connectivity index (χ1n) is 6.78. The second-order valence-electron chi connectivity index (χ2n) is 4.44. The van der Waals surface area contributed by atoms with E-state index in [1.54, 1.807) is 0 Å². The molecule has 0 aliphatic carbocycles. The summed E-state index contributed by atoms with van der Waals surface area (Å²) in [6.07, 6.45) is 9.03. The van der Waals surface area contributed by atoms with Crippen LogP contribution >= 0.6 is 27.5 Å². The third-order valence-corrected chi connectivity index (χ3v) is 3.75. The van der Waals surface area contributed by atoms with Crippen molar-refractivity contribution in [3.8, 4) is 5.75 Å². The lowest BCUT2D eigenvalue weighted by Gasteiger charge is -2.07. The van der Waals surface area contributed by atoms with Gasteiger partial charge in [-0.05, 0) is 25.0 Å². The van der Waals surface area contributed by atoms with Gasteiger partial charge in [-0.2, -0.15) is 0 Å². The Balaban J connectivity index is 1.94. The van der Waals surface area contributed by atoms with E-state index in [9.17, 15) is 0 Å². The Kier molecular flexibility index (Phi) is 9.41. The van der Waals surface area contributed by atoms with Crippen molar-refractivity contribution in [2.45, 2.75) is 44.9 Å². The van der Waals surface area contributed by atoms with E-state index in [4.69, 9.17) is 16.3 Å². The standard InChI is InChI=1S/C15H22BrClO/c16-12-8-4-2-1-3-5-9-13-18-15-11-7-6-10-14(15)17/h6-7,10-11H,1-5,8-9,12-13H2. The van der Waals surface area contributed by atoms with Crippen LogP contribution in [0.4, 0.5) is 0 Å². The minimum atomic E-state index is 0.701. The summed E-state index contributed by atoms with van der Waals surface area (Å²) in [5.41, 5.74) is 0. The van der Waals surface area contributed by atoms with Crippen LogP contribution in [0.1, 0.15) is 44.9 Å². The van der Waals surface area contributed by atoms with Gasteiger partial charge in [0.25, 0.3) is 0 Å². The zero-order chi connectivity index (χ0) is 13.1. The highest BCUT2D eigenvalue weighted by molar-refractivity contribution is 9.09. The Morgan fingerprint density at radius 2 is 1.50 bits per heavy atom. The van der Waals surface area contributed by atoms with Gasteiger partial charge in [-0.25, -0.2) is 0 Å². The summed E-state index contributed by atoms with van der Waals surface area (Å²) in [5.74, 6) is 0.802. The molecule has 0 unspecified atom stereocenters. The smallest absolute Gasteiger partial charge is 0.137 e. The molecule has 1 nitrogen and oxygen atoms in total. The van der Waals surface area contributed by atoms with E-state index >= 15 is 0 Å². The fraction of sp³-hybridized carbons (Fsp3) is 0.600. The maximum atomic E-state index is 6.01. The summed E-state index contributed by atoms with van der Waals surface area (Å²) < 4.78 is 5.64. The zero-order valence-electron chi connectivity index (χ0n) is 10.8. The van der Waals surface area contributed by atoms with Gasteiger partial charge in [0.2, 0.25) is 0 Å². The lowest BCUT2D eigenvalue weighted by atomic mass is 10.1. The van der Waals surface area contributed by atoms with Crippen molar-refractivity contribution in [2.75, 3.05) is 11.9 Å². The van der Waals surface area contributed by atoms with Gasteiger partial charge in [-0.15, -0.1) is 0 Å². The zero-order valence-corrected chi connectivity index (χ0v) is 13.2. The third-order valence-electron chi connectivity index (χ3n) is 2.87. The average molecular weight is 334 g/mol. The van der Waals surface area contributed by atoms with Crippen molar-refractivity contribution in [1.29, 1.82) is 0 Å². The summed E-state index contributed by atoms with van der Waals surface area (Å²) in [5, 5.41) is 1.84. The van der Waals surface area contributed by atoms with E-state index in [1.807, 2.05) is 24.3 Å². The van der Waals surface area contributed by atoms with Gasteiger partial charge in [0, 0.05) is 5.33 Å². The van der Waals surface area contributed by atoms with Crippen molar-refractivity contribution in [3.05, 3.63) is 29.3 Å². The monoisotopic (exact) mass is 332 g/mol. The first-order chi connectivity index (χ1) is 8.84. The molecule has 0 aliphatic heterocycles. The van der Waals surface area contributed by atoms with Gasteiger partial charge in [0.05, 0.1) is 11.6 Å². The molecular formula is C15H22BrClO. The van der Waals surface area contributed by atoms with Crippen LogP contribution in [0.2, 0.25) is 5.02 Å². The summed E-state index contributed by atoms with van der Waals surface area (Å²) in [4.78, 5) is 0. The molecule has 1 rings (SSSR count). The van der Waals surface area contributed by atoms with E-state index < -0.39 is 0 Å². The molecular weight excluding hydrogens is 312 g/mol. The Hall–Kier alpha value is -0.210. The molecule has 0 heterocycles. The second kappa shape index (κ2) is 10.7. The van der Waals surface area contributed by atoms with E-state index in [2.05, 4.69) is 15.9 Å². The first kappa shape index (κ1) is 15.8. The molecule has 0 amide bonds. The van der Waals surface area contributed by atoms with E-state index in [0.29, 0.717) is 5.02 Å². The largest absolute Gasteiger partial charge is 0.492 e. The predicted octanol–water partition coefficient (Wildman–Crippen LogP) is 5.84. The van der Waals surface area contributed by atoms with Crippen molar-refractivity contribution in [2.24, 2.45) is 0 Å². The predicted molar refractivity (Wildman–Crippen MR) is 83.1 cm³/mol. The molecule has 0 spiro atoms. The van der Waals surface area contributed by atoms with Crippen LogP contribution in [0.25, 0.3) is 0 Å². The normalized spacial score (nSPS) is 10.6. The summed E-state index contributed by atoms with van der Waals surface area (Å²) in [7, 11) is 0. The van der Waals surface area contributed by atoms with Crippen molar-refractivity contribution >= 4 is 27.5 Å². The topological polar surface area (TPSA) is 9.23 Å². The quantitative estimate of drug-likeness (QED) is 0.386. The molecule has 0 radical (unpaired) electrons. The molecule has 0 saturated heterocycles. The first-order valence-corrected chi connectivity index (χ1v) is 8.28. The average Bonchev–Trinajstić information content (AvgIpc) is 2.39. The van der Waals surface area contributed by atoms with Gasteiger partial charge >= 0.3 is 0 Å². The van der Waals surface area contributed by atoms with Gasteiger partial charge in [0.1, 0.15) is 5.75 Å². The third kappa shape index (κ3) is 7.27. The van der Waals surface area contributed by atoms with E-state index in [1.165, 1.54) is 38.5 Å². The maximum Gasteiger partial charge on any atom is 0.137 e. The molecule has 0 fully saturated rings. The number of hydrogen-bond acceptors (Lipinski definition) is 1. The van der Waals surface area contributed by atoms with Gasteiger partial charge < -0.3 is 4.74 Å². The summed E-state index contributed by atoms with van der Waals surface area (Å²) in [6, 6.07) is 7.65. The molecule has 18 heavy (non-hydrogen) atoms. The Morgan fingerprint density at radius 1 is 0.889 bits per heavy atom. The molecule has 102 valence electrons. The molecule has 0 aliphatic rings. The minimum Gasteiger partial charge on any atom is -0.492 e. The Morgan fingerprint density at radius 3 is 2.17 bits per heavy atom. The van der Waals surface area contributed by atoms with Crippen LogP contribution < -0.4 is 4.74 Å². The molecule has 1 aromatic carbocycles. The fourth-order valence-electron chi connectivity index (χ4n) is 1.82. The Labute approximate surface area is 124 Å². The van der Waals surface area contributed by atoms with Crippen LogP contribution in [-0.4, -0.2) is 11.9 Å². The number of unbranched alkanes of at least 4 members (excludes halogenated alkanes) is 6. The lowest BCUT2D eigenvalue weighted by molar-refractivity contribution is 0.304. The molecule has 0 N–H and O–H groups in total. The van der Waals surface area contributed by atoms with Crippen molar-refractivity contribution < 1.29 is 4.74 Å². The molecule has 0 aromatic heterocycles. The number of halogens is 2. The summed E-state index contributed by atoms with van der Waals surface area (Å²) >= 11 is 9.46.